The summed E-state index contributed by atoms with van der Waals surface area (Å²) < 4.78 is 65.1. The molecule has 109 heavy (non-hydrogen) atoms. The Morgan fingerprint density at radius 3 is 0.945 bits per heavy atom. The van der Waals surface area contributed by atoms with E-state index < -0.39 is 21.3 Å². The predicted molar refractivity (Wildman–Crippen MR) is 452 cm³/mol. The van der Waals surface area contributed by atoms with Gasteiger partial charge in [-0.1, -0.05) is 273 Å². The predicted octanol–water partition coefficient (Wildman–Crippen LogP) is 21.4. The van der Waals surface area contributed by atoms with Crippen molar-refractivity contribution in [1.29, 1.82) is 5.26 Å². The zero-order valence-electron chi connectivity index (χ0n) is 75.4. The van der Waals surface area contributed by atoms with Crippen molar-refractivity contribution in [2.24, 2.45) is 39.4 Å². The maximum atomic E-state index is 11.7. The summed E-state index contributed by atoms with van der Waals surface area (Å²) in [5.41, 5.74) is 2.73. The summed E-state index contributed by atoms with van der Waals surface area (Å²) in [5.74, 6) is 1.92. The van der Waals surface area contributed by atoms with E-state index in [4.69, 9.17) is 28.9 Å². The van der Waals surface area contributed by atoms with E-state index in [1.54, 1.807) is 21.0 Å². The molecule has 0 heterocycles. The van der Waals surface area contributed by atoms with Gasteiger partial charge in [-0.15, -0.1) is 0 Å². The number of ether oxygens (including phenoxy) is 7. The largest absolute Gasteiger partial charge is 1.00 e. The van der Waals surface area contributed by atoms with Crippen LogP contribution in [-0.2, 0) is 67.2 Å². The molecule has 3 aromatic carbocycles. The standard InChI is InChI=1S/C20H40O3.3C10H14.C9H18O5S.C9H18O3.C7H14O2.C6H12O2.C5H9N.C5H12.K/c1-5-7-8-9-10-11-12-13-14-15-16-22-17-18-23-19(21)20(3,4)6-2;3*1-3-9(2)10-7-5-4-6-8-10;1-4-9(2,3)8(10)14-6-5-7-15(11,12)13;1-5-9(2,3)8(10)12-7-6-11-4;1-5-7(2,3)6(8)9-4;1-4-5(2)6(7)8-3;1-3-5(2)4-6;1-4-5(2)3;/h5-18H2,1-4H3;3*4-9H,3H2,1-2H3;4-7H2,1-3H3,(H,11,12,13);5-7H2,1-4H3;5H2,1-4H3;5H,4H2,1-3H3;5H,3H2,1-2H3;5H,4H2,1-3H3;/q;;;;;;;;;;+1/p-1. The SMILES string of the molecule is CCC(C)(C)C(=O)OC.CCC(C)(C)C(=O)OCCCS(=O)(=O)[O-].CCC(C)(C)C(=O)OCCOC.CCC(C)C.CCC(C)C#N.CCC(C)C(=O)OC.CCC(C)c1ccccc1.CCC(C)c1ccccc1.CCC(C)c1ccccc1.CCCCCCCCCCCCOCCOC(=O)C(C)(C)CC.[K+]. The molecule has 0 fully saturated rings. The number of carbonyl (C=O) groups excluding carboxylic acids is 5. The molecule has 5 unspecified atom stereocenters. The van der Waals surface area contributed by atoms with Gasteiger partial charge >= 0.3 is 81.2 Å². The third-order valence-corrected chi connectivity index (χ3v) is 19.9. The summed E-state index contributed by atoms with van der Waals surface area (Å²) in [4.78, 5) is 55.8. The number of nitrogens with zero attached hydrogens (tertiary/aromatic N) is 1. The van der Waals surface area contributed by atoms with E-state index in [2.05, 4.69) is 176 Å². The molecular formula is C91H164KNO15S. The Labute approximate surface area is 713 Å². The first kappa shape index (κ1) is 121. The van der Waals surface area contributed by atoms with Gasteiger partial charge in [-0.3, -0.25) is 24.0 Å². The normalized spacial score (nSPS) is 12.0. The second-order valence-corrected chi connectivity index (χ2v) is 32.0. The Kier molecular flexibility index (Phi) is 86.2. The van der Waals surface area contributed by atoms with Gasteiger partial charge in [0.2, 0.25) is 0 Å². The fraction of sp³-hybridized carbons (Fsp3) is 0.736. The van der Waals surface area contributed by atoms with Crippen LogP contribution >= 0.6 is 0 Å². The number of carbonyl (C=O) groups is 5. The quantitative estimate of drug-likeness (QED) is 0.0170. The summed E-state index contributed by atoms with van der Waals surface area (Å²) in [6, 6.07) is 34.0. The van der Waals surface area contributed by atoms with Crippen molar-refractivity contribution < 1.29 is 121 Å². The van der Waals surface area contributed by atoms with Gasteiger partial charge in [-0.25, -0.2) is 8.42 Å². The molecule has 0 amide bonds. The van der Waals surface area contributed by atoms with Crippen LogP contribution in [0.5, 0.6) is 0 Å². The Morgan fingerprint density at radius 2 is 0.716 bits per heavy atom. The first-order chi connectivity index (χ1) is 50.6. The van der Waals surface area contributed by atoms with Crippen molar-refractivity contribution in [2.75, 3.05) is 66.7 Å². The number of methoxy groups -OCH3 is 3. The average Bonchev–Trinajstić information content (AvgIpc) is 0.927. The number of hydrogen-bond donors (Lipinski definition) is 0. The first-order valence-electron chi connectivity index (χ1n) is 40.9. The van der Waals surface area contributed by atoms with Crippen molar-refractivity contribution in [1.82, 2.24) is 0 Å². The Hall–Kier alpha value is -4.03. The molecule has 0 N–H and O–H groups in total. The van der Waals surface area contributed by atoms with E-state index in [1.807, 2.05) is 96.9 Å². The number of esters is 5. The monoisotopic (exact) mass is 1580 g/mol. The molecule has 0 spiro atoms. The van der Waals surface area contributed by atoms with Gasteiger partial charge < -0.3 is 37.7 Å². The zero-order chi connectivity index (χ0) is 84.6. The minimum Gasteiger partial charge on any atom is -0.748 e. The molecule has 0 aliphatic rings. The van der Waals surface area contributed by atoms with E-state index in [9.17, 15) is 36.9 Å². The van der Waals surface area contributed by atoms with Crippen LogP contribution in [-0.4, -0.2) is 110 Å². The maximum Gasteiger partial charge on any atom is 1.00 e. The topological polar surface area (TPSA) is 231 Å². The molecular weight excluding hydrogens is 1420 g/mol. The van der Waals surface area contributed by atoms with Crippen LogP contribution in [0.25, 0.3) is 0 Å². The molecule has 0 bridgehead atoms. The molecule has 0 aliphatic carbocycles. The van der Waals surface area contributed by atoms with Gasteiger partial charge in [-0.2, -0.15) is 5.26 Å². The molecule has 0 saturated carbocycles. The second-order valence-electron chi connectivity index (χ2n) is 30.5. The number of hydrogen-bond acceptors (Lipinski definition) is 16. The number of rotatable bonds is 39. The van der Waals surface area contributed by atoms with Crippen LogP contribution in [0, 0.1) is 50.7 Å². The van der Waals surface area contributed by atoms with E-state index in [0.29, 0.717) is 50.6 Å². The van der Waals surface area contributed by atoms with E-state index in [1.165, 1.54) is 114 Å². The number of unbranched alkanes of at least 4 members (excludes halogenated alkanes) is 9. The third kappa shape index (κ3) is 76.4. The smallest absolute Gasteiger partial charge is 0.748 e. The van der Waals surface area contributed by atoms with Gasteiger partial charge in [0.05, 0.1) is 77.8 Å². The van der Waals surface area contributed by atoms with Crippen LogP contribution in [0.15, 0.2) is 91.0 Å². The van der Waals surface area contributed by atoms with Crippen LogP contribution in [0.3, 0.4) is 0 Å². The molecule has 0 aromatic heterocycles. The Morgan fingerprint density at radius 1 is 0.404 bits per heavy atom. The average molecular weight is 1580 g/mol. The second kappa shape index (κ2) is 77.9. The molecule has 0 aliphatic heterocycles. The van der Waals surface area contributed by atoms with Crippen molar-refractivity contribution in [3.63, 3.8) is 0 Å². The van der Waals surface area contributed by atoms with Crippen LogP contribution in [0.4, 0.5) is 0 Å². The summed E-state index contributed by atoms with van der Waals surface area (Å²) in [5, 5.41) is 8.08. The van der Waals surface area contributed by atoms with E-state index >= 15 is 0 Å². The van der Waals surface area contributed by atoms with Crippen molar-refractivity contribution in [3.05, 3.63) is 108 Å². The fourth-order valence-corrected chi connectivity index (χ4v) is 8.03. The van der Waals surface area contributed by atoms with Gasteiger partial charge in [0.15, 0.2) is 0 Å². The molecule has 630 valence electrons. The molecule has 16 nitrogen and oxygen atoms in total. The van der Waals surface area contributed by atoms with Crippen molar-refractivity contribution in [3.8, 4) is 6.07 Å². The van der Waals surface area contributed by atoms with Crippen LogP contribution in [0.2, 0.25) is 0 Å². The van der Waals surface area contributed by atoms with Crippen LogP contribution < -0.4 is 51.4 Å². The molecule has 18 heteroatoms. The first-order valence-corrected chi connectivity index (χ1v) is 42.4. The Bertz CT molecular complexity index is 2590. The molecule has 5 atom stereocenters. The fourth-order valence-electron chi connectivity index (χ4n) is 7.56. The van der Waals surface area contributed by atoms with Gasteiger partial charge in [0, 0.05) is 25.4 Å². The zero-order valence-corrected chi connectivity index (χ0v) is 79.3. The van der Waals surface area contributed by atoms with Crippen molar-refractivity contribution >= 4 is 40.0 Å². The van der Waals surface area contributed by atoms with Crippen molar-refractivity contribution in [2.45, 2.75) is 333 Å². The van der Waals surface area contributed by atoms with Gasteiger partial charge in [0.25, 0.3) is 0 Å². The summed E-state index contributed by atoms with van der Waals surface area (Å²) in [7, 11) is 0.205. The summed E-state index contributed by atoms with van der Waals surface area (Å²) in [6.45, 7) is 55.2. The maximum absolute atomic E-state index is 11.7. The minimum atomic E-state index is -4.20. The Balaban J connectivity index is -0.000000178. The molecule has 0 radical (unpaired) electrons. The third-order valence-electron chi connectivity index (χ3n) is 19.1. The van der Waals surface area contributed by atoms with E-state index in [-0.39, 0.29) is 122 Å². The van der Waals surface area contributed by atoms with E-state index in [0.717, 1.165) is 51.0 Å². The van der Waals surface area contributed by atoms with Gasteiger partial charge in [0.1, 0.15) is 13.2 Å². The summed E-state index contributed by atoms with van der Waals surface area (Å²) in [6.07, 6.45) is 23.3. The van der Waals surface area contributed by atoms with Crippen LogP contribution in [0.1, 0.15) is 349 Å². The minimum absolute atomic E-state index is 0. The number of nitriles is 1. The van der Waals surface area contributed by atoms with Gasteiger partial charge in [-0.05, 0) is 173 Å². The molecule has 3 aromatic rings. The molecule has 3 rings (SSSR count). The molecule has 0 saturated heterocycles. The number of benzene rings is 3. The summed E-state index contributed by atoms with van der Waals surface area (Å²) >= 11 is 0.